The van der Waals surface area contributed by atoms with E-state index in [-0.39, 0.29) is 5.91 Å². The molecular formula is C20H20N2OS. The lowest BCUT2D eigenvalue weighted by Crippen LogP contribution is -2.23. The Morgan fingerprint density at radius 3 is 2.62 bits per heavy atom. The minimum atomic E-state index is -0.0595. The first-order valence-corrected chi connectivity index (χ1v) is 8.82. The van der Waals surface area contributed by atoms with Crippen LogP contribution in [0.25, 0.3) is 0 Å². The highest BCUT2D eigenvalue weighted by Crippen LogP contribution is 2.15. The van der Waals surface area contributed by atoms with Crippen molar-refractivity contribution in [2.75, 3.05) is 0 Å². The van der Waals surface area contributed by atoms with Gasteiger partial charge in [-0.15, -0.1) is 11.3 Å². The summed E-state index contributed by atoms with van der Waals surface area (Å²) in [4.78, 5) is 16.9. The van der Waals surface area contributed by atoms with Gasteiger partial charge in [-0.25, -0.2) is 4.98 Å². The number of carbonyl (C=O) groups excluding carboxylic acids is 1. The topological polar surface area (TPSA) is 42.0 Å². The average Bonchev–Trinajstić information content (AvgIpc) is 3.03. The highest BCUT2D eigenvalue weighted by molar-refractivity contribution is 7.09. The molecule has 0 spiro atoms. The zero-order valence-corrected chi connectivity index (χ0v) is 14.7. The molecule has 2 aromatic carbocycles. The Kier molecular flexibility index (Phi) is 5.06. The van der Waals surface area contributed by atoms with Gasteiger partial charge in [0.2, 0.25) is 0 Å². The quantitative estimate of drug-likeness (QED) is 0.755. The molecule has 122 valence electrons. The van der Waals surface area contributed by atoms with Crippen molar-refractivity contribution >= 4 is 17.2 Å². The van der Waals surface area contributed by atoms with Crippen molar-refractivity contribution in [3.8, 4) is 0 Å². The van der Waals surface area contributed by atoms with Crippen molar-refractivity contribution in [1.29, 1.82) is 0 Å². The van der Waals surface area contributed by atoms with Crippen LogP contribution in [0.15, 0.2) is 53.9 Å². The van der Waals surface area contributed by atoms with E-state index in [1.807, 2.05) is 55.6 Å². The van der Waals surface area contributed by atoms with Gasteiger partial charge in [-0.05, 0) is 42.7 Å². The lowest BCUT2D eigenvalue weighted by Gasteiger charge is -2.06. The Morgan fingerprint density at radius 1 is 1.08 bits per heavy atom. The zero-order chi connectivity index (χ0) is 16.9. The van der Waals surface area contributed by atoms with Crippen LogP contribution in [-0.4, -0.2) is 10.9 Å². The first-order chi connectivity index (χ1) is 11.6. The van der Waals surface area contributed by atoms with Crippen LogP contribution >= 0.6 is 11.3 Å². The lowest BCUT2D eigenvalue weighted by atomic mass is 10.1. The van der Waals surface area contributed by atoms with Crippen LogP contribution in [0.4, 0.5) is 0 Å². The van der Waals surface area contributed by atoms with Crippen LogP contribution in [-0.2, 0) is 13.0 Å². The minimum absolute atomic E-state index is 0.0595. The maximum Gasteiger partial charge on any atom is 0.251 e. The highest BCUT2D eigenvalue weighted by Gasteiger charge is 2.08. The van der Waals surface area contributed by atoms with Gasteiger partial charge in [-0.3, -0.25) is 4.79 Å². The van der Waals surface area contributed by atoms with Gasteiger partial charge < -0.3 is 5.32 Å². The molecule has 3 nitrogen and oxygen atoms in total. The summed E-state index contributed by atoms with van der Waals surface area (Å²) >= 11 is 1.63. The molecule has 3 rings (SSSR count). The van der Waals surface area contributed by atoms with Crippen molar-refractivity contribution in [3.05, 3.63) is 86.9 Å². The molecule has 0 aliphatic carbocycles. The number of nitrogens with zero attached hydrogens (tertiary/aromatic N) is 1. The second kappa shape index (κ2) is 7.41. The second-order valence-electron chi connectivity index (χ2n) is 5.88. The number of hydrogen-bond donors (Lipinski definition) is 1. The van der Waals surface area contributed by atoms with E-state index in [4.69, 9.17) is 0 Å². The molecule has 0 saturated heterocycles. The molecule has 4 heteroatoms. The minimum Gasteiger partial charge on any atom is -0.346 e. The lowest BCUT2D eigenvalue weighted by molar-refractivity contribution is 0.0950. The molecule has 3 aromatic rings. The maximum absolute atomic E-state index is 12.2. The summed E-state index contributed by atoms with van der Waals surface area (Å²) in [5.74, 6) is -0.0595. The van der Waals surface area contributed by atoms with Gasteiger partial charge in [0.1, 0.15) is 0 Å². The molecular weight excluding hydrogens is 316 g/mol. The third-order valence-corrected chi connectivity index (χ3v) is 4.89. The second-order valence-corrected chi connectivity index (χ2v) is 6.82. The van der Waals surface area contributed by atoms with Crippen LogP contribution < -0.4 is 5.32 Å². The molecule has 0 atom stereocenters. The molecule has 1 N–H and O–H groups in total. The number of carbonyl (C=O) groups is 1. The summed E-state index contributed by atoms with van der Waals surface area (Å²) in [6.45, 7) is 4.51. The van der Waals surface area contributed by atoms with E-state index in [2.05, 4.69) is 22.4 Å². The Balaban J connectivity index is 1.59. The standard InChI is InChI=1S/C20H20N2OS/c1-14-8-9-17(10-15(14)2)20(23)21-12-18-13-24-19(22-18)11-16-6-4-3-5-7-16/h3-10,13H,11-12H2,1-2H3,(H,21,23). The molecule has 1 aromatic heterocycles. The van der Waals surface area contributed by atoms with Gasteiger partial charge in [-0.1, -0.05) is 36.4 Å². The number of hydrogen-bond acceptors (Lipinski definition) is 3. The van der Waals surface area contributed by atoms with E-state index in [0.29, 0.717) is 12.1 Å². The molecule has 1 amide bonds. The van der Waals surface area contributed by atoms with Crippen molar-refractivity contribution in [2.24, 2.45) is 0 Å². The maximum atomic E-state index is 12.2. The highest BCUT2D eigenvalue weighted by atomic mass is 32.1. The van der Waals surface area contributed by atoms with E-state index < -0.39 is 0 Å². The first-order valence-electron chi connectivity index (χ1n) is 7.94. The summed E-state index contributed by atoms with van der Waals surface area (Å²) in [7, 11) is 0. The van der Waals surface area contributed by atoms with Crippen LogP contribution in [0.5, 0.6) is 0 Å². The number of thiazole rings is 1. The summed E-state index contributed by atoms with van der Waals surface area (Å²) < 4.78 is 0. The molecule has 0 fully saturated rings. The predicted octanol–water partition coefficient (Wildman–Crippen LogP) is 4.28. The average molecular weight is 336 g/mol. The van der Waals surface area contributed by atoms with Gasteiger partial charge >= 0.3 is 0 Å². The predicted molar refractivity (Wildman–Crippen MR) is 98.4 cm³/mol. The Morgan fingerprint density at radius 2 is 1.88 bits per heavy atom. The third-order valence-electron chi connectivity index (χ3n) is 4.00. The normalized spacial score (nSPS) is 10.6. The van der Waals surface area contributed by atoms with Gasteiger partial charge in [0.05, 0.1) is 17.2 Å². The fourth-order valence-corrected chi connectivity index (χ4v) is 3.27. The Labute approximate surface area is 146 Å². The fourth-order valence-electron chi connectivity index (χ4n) is 2.44. The molecule has 0 bridgehead atoms. The summed E-state index contributed by atoms with van der Waals surface area (Å²) in [6.07, 6.45) is 0.830. The number of benzene rings is 2. The fraction of sp³-hybridized carbons (Fsp3) is 0.200. The molecule has 0 radical (unpaired) electrons. The molecule has 0 unspecified atom stereocenters. The summed E-state index contributed by atoms with van der Waals surface area (Å²) in [5, 5.41) is 6.02. The van der Waals surface area contributed by atoms with Crippen LogP contribution in [0, 0.1) is 13.8 Å². The van der Waals surface area contributed by atoms with Crippen molar-refractivity contribution in [3.63, 3.8) is 0 Å². The van der Waals surface area contributed by atoms with E-state index in [9.17, 15) is 4.79 Å². The largest absolute Gasteiger partial charge is 0.346 e. The molecule has 0 aliphatic rings. The SMILES string of the molecule is Cc1ccc(C(=O)NCc2csc(Cc3ccccc3)n2)cc1C. The first kappa shape index (κ1) is 16.4. The van der Waals surface area contributed by atoms with Crippen molar-refractivity contribution in [1.82, 2.24) is 10.3 Å². The van der Waals surface area contributed by atoms with Crippen molar-refractivity contribution in [2.45, 2.75) is 26.8 Å². The number of aryl methyl sites for hydroxylation is 2. The Bertz CT molecular complexity index is 840. The number of aromatic nitrogens is 1. The molecule has 0 saturated carbocycles. The zero-order valence-electron chi connectivity index (χ0n) is 13.9. The molecule has 24 heavy (non-hydrogen) atoms. The van der Waals surface area contributed by atoms with Crippen molar-refractivity contribution < 1.29 is 4.79 Å². The Hall–Kier alpha value is -2.46. The monoisotopic (exact) mass is 336 g/mol. The third kappa shape index (κ3) is 4.09. The van der Waals surface area contributed by atoms with Gasteiger partial charge in [0.15, 0.2) is 0 Å². The molecule has 1 heterocycles. The van der Waals surface area contributed by atoms with Crippen LogP contribution in [0.1, 0.15) is 37.7 Å². The van der Waals surface area contributed by atoms with Gasteiger partial charge in [0.25, 0.3) is 5.91 Å². The smallest absolute Gasteiger partial charge is 0.251 e. The summed E-state index contributed by atoms with van der Waals surface area (Å²) in [5.41, 5.74) is 5.16. The van der Waals surface area contributed by atoms with Crippen LogP contribution in [0.3, 0.4) is 0 Å². The van der Waals surface area contributed by atoms with E-state index in [0.717, 1.165) is 22.7 Å². The van der Waals surface area contributed by atoms with Gasteiger partial charge in [-0.2, -0.15) is 0 Å². The van der Waals surface area contributed by atoms with Crippen LogP contribution in [0.2, 0.25) is 0 Å². The molecule has 0 aliphatic heterocycles. The van der Waals surface area contributed by atoms with Gasteiger partial charge in [0, 0.05) is 17.4 Å². The van der Waals surface area contributed by atoms with E-state index >= 15 is 0 Å². The number of amides is 1. The number of rotatable bonds is 5. The number of nitrogens with one attached hydrogen (secondary N) is 1. The summed E-state index contributed by atoms with van der Waals surface area (Å²) in [6, 6.07) is 16.0. The van der Waals surface area contributed by atoms with E-state index in [1.54, 1.807) is 11.3 Å². The van der Waals surface area contributed by atoms with E-state index in [1.165, 1.54) is 11.1 Å².